The van der Waals surface area contributed by atoms with E-state index in [4.69, 9.17) is 26.8 Å². The molecule has 10 nitrogen and oxygen atoms in total. The fraction of sp³-hybridized carbons (Fsp3) is 0.375. The molecule has 236 valence electrons. The molecule has 0 unspecified atom stereocenters. The van der Waals surface area contributed by atoms with E-state index in [9.17, 15) is 19.1 Å². The van der Waals surface area contributed by atoms with Crippen LogP contribution >= 0.6 is 11.6 Å². The molecule has 2 aliphatic rings. The van der Waals surface area contributed by atoms with Gasteiger partial charge in [0.05, 0.1) is 38.4 Å². The van der Waals surface area contributed by atoms with Crippen LogP contribution in [0.1, 0.15) is 60.3 Å². The molecule has 0 spiro atoms. The number of methoxy groups -OCH3 is 1. The van der Waals surface area contributed by atoms with Crippen molar-refractivity contribution in [2.24, 2.45) is 11.7 Å². The van der Waals surface area contributed by atoms with Crippen LogP contribution < -0.4 is 20.5 Å². The summed E-state index contributed by atoms with van der Waals surface area (Å²) in [6.07, 6.45) is 4.95. The third kappa shape index (κ3) is 5.91. The zero-order chi connectivity index (χ0) is 32.0. The fourth-order valence-electron chi connectivity index (χ4n) is 5.58. The molecule has 0 saturated heterocycles. The summed E-state index contributed by atoms with van der Waals surface area (Å²) in [5.41, 5.74) is 4.82. The lowest BCUT2D eigenvalue weighted by Gasteiger charge is -2.30. The fourth-order valence-corrected chi connectivity index (χ4v) is 5.74. The van der Waals surface area contributed by atoms with Crippen molar-refractivity contribution < 1.29 is 33.0 Å². The highest BCUT2D eigenvalue weighted by atomic mass is 35.5. The summed E-state index contributed by atoms with van der Waals surface area (Å²) in [6.45, 7) is 1.58. The maximum absolute atomic E-state index is 15.3. The van der Waals surface area contributed by atoms with Gasteiger partial charge in [0.2, 0.25) is 5.91 Å². The number of nitrogens with zero attached hydrogens (tertiary/aromatic N) is 3. The van der Waals surface area contributed by atoms with Crippen molar-refractivity contribution in [3.63, 3.8) is 0 Å². The summed E-state index contributed by atoms with van der Waals surface area (Å²) in [5.74, 6) is -3.00. The van der Waals surface area contributed by atoms with Gasteiger partial charge < -0.3 is 25.6 Å². The first kappa shape index (κ1) is 30.7. The predicted molar refractivity (Wildman–Crippen MR) is 162 cm³/mol. The lowest BCUT2D eigenvalue weighted by atomic mass is 9.90. The van der Waals surface area contributed by atoms with Gasteiger partial charge in [-0.05, 0) is 68.9 Å². The average Bonchev–Trinajstić information content (AvgIpc) is 3.96. The molecule has 2 aromatic heterocycles. The van der Waals surface area contributed by atoms with E-state index in [1.54, 1.807) is 19.1 Å². The van der Waals surface area contributed by atoms with Crippen LogP contribution in [0, 0.1) is 17.6 Å². The van der Waals surface area contributed by atoms with Gasteiger partial charge in [0.25, 0.3) is 5.91 Å². The number of amides is 2. The number of aromatic nitrogens is 3. The van der Waals surface area contributed by atoms with Crippen LogP contribution in [0.4, 0.5) is 8.78 Å². The van der Waals surface area contributed by atoms with E-state index in [0.29, 0.717) is 35.7 Å². The van der Waals surface area contributed by atoms with E-state index >= 15 is 4.39 Å². The highest BCUT2D eigenvalue weighted by molar-refractivity contribution is 6.31. The minimum Gasteiger partial charge on any atom is -0.494 e. The van der Waals surface area contributed by atoms with Crippen molar-refractivity contribution >= 4 is 34.3 Å². The Labute approximate surface area is 262 Å². The number of hydrogen-bond acceptors (Lipinski definition) is 7. The lowest BCUT2D eigenvalue weighted by molar-refractivity contribution is -0.117. The molecule has 45 heavy (non-hydrogen) atoms. The molecule has 4 aromatic rings. The van der Waals surface area contributed by atoms with Crippen LogP contribution in [0.15, 0.2) is 36.5 Å². The van der Waals surface area contributed by atoms with Crippen LogP contribution in [0.25, 0.3) is 22.2 Å². The number of carbonyl (C=O) groups is 2. The van der Waals surface area contributed by atoms with Gasteiger partial charge in [-0.2, -0.15) is 5.10 Å². The minimum absolute atomic E-state index is 0.0518. The topological polar surface area (TPSA) is 142 Å². The maximum atomic E-state index is 15.3. The van der Waals surface area contributed by atoms with Crippen molar-refractivity contribution in [3.8, 4) is 22.8 Å². The number of rotatable bonds is 12. The lowest BCUT2D eigenvalue weighted by Crippen LogP contribution is -2.43. The minimum atomic E-state index is -1.72. The molecule has 2 saturated carbocycles. The predicted octanol–water partition coefficient (Wildman–Crippen LogP) is 4.83. The molecule has 4 N–H and O–H groups in total. The second kappa shape index (κ2) is 11.9. The van der Waals surface area contributed by atoms with Crippen LogP contribution in [-0.4, -0.2) is 51.9 Å². The summed E-state index contributed by atoms with van der Waals surface area (Å²) in [6, 6.07) is 7.29. The van der Waals surface area contributed by atoms with E-state index in [0.717, 1.165) is 30.4 Å². The first-order valence-corrected chi connectivity index (χ1v) is 15.1. The van der Waals surface area contributed by atoms with Gasteiger partial charge in [0.15, 0.2) is 5.82 Å². The standard InChI is InChI=1S/C32H32ClF2N5O5/c1-3-45-30-16(13-25(36)41)12-24(38-29(30)21-8-9-22(34)26(33)27(21)35)32(43,19-4-5-19)15-37-31(42)17-10-18-14-40(20-6-7-20)39-28(18)23(11-17)44-2/h8-12,14,19-20,43H,3-7,13,15H2,1-2H3,(H2,36,41)(H,37,42)/t32-/m1/s1. The molecule has 2 aliphatic carbocycles. The maximum Gasteiger partial charge on any atom is 0.251 e. The van der Waals surface area contributed by atoms with Gasteiger partial charge in [-0.3, -0.25) is 14.3 Å². The van der Waals surface area contributed by atoms with E-state index in [-0.39, 0.29) is 53.8 Å². The molecule has 2 fully saturated rings. The van der Waals surface area contributed by atoms with Crippen LogP contribution in [-0.2, 0) is 16.8 Å². The molecule has 0 bridgehead atoms. The molecule has 13 heteroatoms. The van der Waals surface area contributed by atoms with Gasteiger partial charge in [-0.25, -0.2) is 13.8 Å². The van der Waals surface area contributed by atoms with Crippen molar-refractivity contribution in [1.29, 1.82) is 0 Å². The molecule has 2 heterocycles. The van der Waals surface area contributed by atoms with E-state index in [2.05, 4.69) is 15.4 Å². The van der Waals surface area contributed by atoms with Gasteiger partial charge in [0, 0.05) is 28.3 Å². The van der Waals surface area contributed by atoms with E-state index < -0.39 is 34.1 Å². The number of carbonyl (C=O) groups excluding carboxylic acids is 2. The number of nitrogens with one attached hydrogen (secondary N) is 1. The first-order valence-electron chi connectivity index (χ1n) is 14.7. The third-order valence-corrected chi connectivity index (χ3v) is 8.55. The summed E-state index contributed by atoms with van der Waals surface area (Å²) in [5, 5.41) is 19.6. The van der Waals surface area contributed by atoms with E-state index in [1.807, 2.05) is 10.9 Å². The normalized spacial score (nSPS) is 16.0. The quantitative estimate of drug-likeness (QED) is 0.189. The third-order valence-electron chi connectivity index (χ3n) is 8.20. The van der Waals surface area contributed by atoms with Gasteiger partial charge in [0.1, 0.15) is 39.2 Å². The van der Waals surface area contributed by atoms with Gasteiger partial charge >= 0.3 is 0 Å². The number of halogens is 3. The number of primary amides is 1. The Kier molecular flexibility index (Phi) is 8.13. The average molecular weight is 640 g/mol. The van der Waals surface area contributed by atoms with Crippen LogP contribution in [0.3, 0.4) is 0 Å². The number of pyridine rings is 1. The molecule has 2 aromatic carbocycles. The Morgan fingerprint density at radius 3 is 2.60 bits per heavy atom. The van der Waals surface area contributed by atoms with Crippen molar-refractivity contribution in [1.82, 2.24) is 20.1 Å². The van der Waals surface area contributed by atoms with Gasteiger partial charge in [-0.15, -0.1) is 0 Å². The molecule has 1 atom stereocenters. The SMILES string of the molecule is CCOc1c(CC(N)=O)cc([C@@](O)(CNC(=O)c2cc(OC)c3nn(C4CC4)cc3c2)C2CC2)nc1-c1ccc(F)c(Cl)c1F. The second-order valence-corrected chi connectivity index (χ2v) is 11.9. The number of fused-ring (bicyclic) bond motifs is 1. The molecular formula is C32H32ClF2N5O5. The number of hydrogen-bond donors (Lipinski definition) is 3. The van der Waals surface area contributed by atoms with Crippen molar-refractivity contribution in [2.45, 2.75) is 50.7 Å². The molecular weight excluding hydrogens is 608 g/mol. The highest BCUT2D eigenvalue weighted by Gasteiger charge is 2.47. The van der Waals surface area contributed by atoms with Crippen molar-refractivity contribution in [2.75, 3.05) is 20.3 Å². The van der Waals surface area contributed by atoms with Crippen LogP contribution in [0.5, 0.6) is 11.5 Å². The number of nitrogens with two attached hydrogens (primary N) is 1. The zero-order valence-corrected chi connectivity index (χ0v) is 25.5. The Hall–Kier alpha value is -4.29. The highest BCUT2D eigenvalue weighted by Crippen LogP contribution is 2.47. The summed E-state index contributed by atoms with van der Waals surface area (Å²) < 4.78 is 42.6. The molecule has 0 radical (unpaired) electrons. The second-order valence-electron chi connectivity index (χ2n) is 11.5. The Bertz CT molecular complexity index is 1820. The Balaban J connectivity index is 1.38. The molecule has 6 rings (SSSR count). The van der Waals surface area contributed by atoms with Crippen molar-refractivity contribution in [3.05, 3.63) is 70.0 Å². The van der Waals surface area contributed by atoms with Crippen LogP contribution in [0.2, 0.25) is 5.02 Å². The smallest absolute Gasteiger partial charge is 0.251 e. The Morgan fingerprint density at radius 1 is 1.20 bits per heavy atom. The van der Waals surface area contributed by atoms with Gasteiger partial charge in [-0.1, -0.05) is 11.6 Å². The summed E-state index contributed by atoms with van der Waals surface area (Å²) in [7, 11) is 1.51. The number of benzene rings is 2. The molecule has 0 aliphatic heterocycles. The zero-order valence-electron chi connectivity index (χ0n) is 24.7. The monoisotopic (exact) mass is 639 g/mol. The largest absolute Gasteiger partial charge is 0.494 e. The van der Waals surface area contributed by atoms with E-state index in [1.165, 1.54) is 13.2 Å². The number of ether oxygens (including phenoxy) is 2. The first-order chi connectivity index (χ1) is 21.5. The Morgan fingerprint density at radius 2 is 1.96 bits per heavy atom. The number of aliphatic hydroxyl groups is 1. The molecule has 2 amide bonds. The summed E-state index contributed by atoms with van der Waals surface area (Å²) >= 11 is 5.89. The summed E-state index contributed by atoms with van der Waals surface area (Å²) in [4.78, 5) is 30.2.